The van der Waals surface area contributed by atoms with Gasteiger partial charge in [0.25, 0.3) is 0 Å². The van der Waals surface area contributed by atoms with Crippen LogP contribution in [0.5, 0.6) is 0 Å². The quantitative estimate of drug-likeness (QED) is 0.790. The Morgan fingerprint density at radius 2 is 1.89 bits per heavy atom. The molecular weight excluding hydrogens is 226 g/mol. The summed E-state index contributed by atoms with van der Waals surface area (Å²) < 4.78 is 0. The van der Waals surface area contributed by atoms with Gasteiger partial charge in [0.15, 0.2) is 0 Å². The standard InChI is InChI=1S/C14H27N3O/c1-11-10-17(9-8-13(11)15-2)14(18)16-12-6-4-3-5-7-12/h11-13,15H,3-10H2,1-2H3,(H,16,18). The molecule has 2 N–H and O–H groups in total. The van der Waals surface area contributed by atoms with E-state index in [4.69, 9.17) is 0 Å². The van der Waals surface area contributed by atoms with Crippen molar-refractivity contribution in [3.05, 3.63) is 0 Å². The molecular formula is C14H27N3O. The Balaban J connectivity index is 1.79. The minimum Gasteiger partial charge on any atom is -0.335 e. The minimum absolute atomic E-state index is 0.156. The van der Waals surface area contributed by atoms with Crippen molar-refractivity contribution in [1.29, 1.82) is 0 Å². The second-order valence-electron chi connectivity index (χ2n) is 5.89. The van der Waals surface area contributed by atoms with Crippen LogP contribution < -0.4 is 10.6 Å². The largest absolute Gasteiger partial charge is 0.335 e. The normalized spacial score (nSPS) is 30.2. The van der Waals surface area contributed by atoms with Gasteiger partial charge in [-0.3, -0.25) is 0 Å². The van der Waals surface area contributed by atoms with Crippen molar-refractivity contribution in [1.82, 2.24) is 15.5 Å². The number of urea groups is 1. The highest BCUT2D eigenvalue weighted by atomic mass is 16.2. The lowest BCUT2D eigenvalue weighted by molar-refractivity contribution is 0.148. The molecule has 0 radical (unpaired) electrons. The number of hydrogen-bond acceptors (Lipinski definition) is 2. The summed E-state index contributed by atoms with van der Waals surface area (Å²) in [6, 6.07) is 1.13. The number of nitrogens with zero attached hydrogens (tertiary/aromatic N) is 1. The van der Waals surface area contributed by atoms with Gasteiger partial charge in [-0.15, -0.1) is 0 Å². The molecule has 4 heteroatoms. The van der Waals surface area contributed by atoms with Crippen LogP contribution in [0.4, 0.5) is 4.79 Å². The van der Waals surface area contributed by atoms with E-state index in [0.29, 0.717) is 18.0 Å². The molecule has 2 atom stereocenters. The molecule has 18 heavy (non-hydrogen) atoms. The molecule has 0 aromatic rings. The predicted octanol–water partition coefficient (Wildman–Crippen LogP) is 1.96. The van der Waals surface area contributed by atoms with Crippen molar-refractivity contribution in [3.8, 4) is 0 Å². The average molecular weight is 253 g/mol. The SMILES string of the molecule is CNC1CCN(C(=O)NC2CCCCC2)CC1C. The maximum Gasteiger partial charge on any atom is 0.317 e. The fourth-order valence-corrected chi connectivity index (χ4v) is 3.27. The number of carbonyl (C=O) groups excluding carboxylic acids is 1. The summed E-state index contributed by atoms with van der Waals surface area (Å²) in [5.41, 5.74) is 0. The Morgan fingerprint density at radius 1 is 1.17 bits per heavy atom. The first kappa shape index (κ1) is 13.7. The molecule has 2 fully saturated rings. The van der Waals surface area contributed by atoms with Crippen LogP contribution in [0.2, 0.25) is 0 Å². The number of rotatable bonds is 2. The first-order valence-electron chi connectivity index (χ1n) is 7.43. The van der Waals surface area contributed by atoms with E-state index in [9.17, 15) is 4.79 Å². The molecule has 1 saturated heterocycles. The number of amides is 2. The lowest BCUT2D eigenvalue weighted by Gasteiger charge is -2.37. The topological polar surface area (TPSA) is 44.4 Å². The monoisotopic (exact) mass is 253 g/mol. The van der Waals surface area contributed by atoms with Gasteiger partial charge in [0.05, 0.1) is 0 Å². The molecule has 2 unspecified atom stereocenters. The van der Waals surface area contributed by atoms with E-state index in [-0.39, 0.29) is 6.03 Å². The van der Waals surface area contributed by atoms with Crippen LogP contribution in [0.1, 0.15) is 45.4 Å². The smallest absolute Gasteiger partial charge is 0.317 e. The number of carbonyl (C=O) groups is 1. The molecule has 1 aliphatic carbocycles. The molecule has 104 valence electrons. The van der Waals surface area contributed by atoms with E-state index in [1.165, 1.54) is 19.3 Å². The predicted molar refractivity (Wildman–Crippen MR) is 73.6 cm³/mol. The van der Waals surface area contributed by atoms with Crippen LogP contribution in [-0.2, 0) is 0 Å². The van der Waals surface area contributed by atoms with Crippen molar-refractivity contribution >= 4 is 6.03 Å². The fraction of sp³-hybridized carbons (Fsp3) is 0.929. The van der Waals surface area contributed by atoms with Crippen molar-refractivity contribution in [2.24, 2.45) is 5.92 Å². The van der Waals surface area contributed by atoms with Crippen molar-refractivity contribution in [2.75, 3.05) is 20.1 Å². The van der Waals surface area contributed by atoms with E-state index in [1.807, 2.05) is 11.9 Å². The lowest BCUT2D eigenvalue weighted by Crippen LogP contribution is -2.53. The van der Waals surface area contributed by atoms with Gasteiger partial charge in [-0.1, -0.05) is 26.2 Å². The van der Waals surface area contributed by atoms with Gasteiger partial charge in [-0.25, -0.2) is 4.79 Å². The number of hydrogen-bond donors (Lipinski definition) is 2. The third-order valence-electron chi connectivity index (χ3n) is 4.50. The summed E-state index contributed by atoms with van der Waals surface area (Å²) in [5, 5.41) is 6.54. The third-order valence-corrected chi connectivity index (χ3v) is 4.50. The third kappa shape index (κ3) is 3.37. The molecule has 4 nitrogen and oxygen atoms in total. The highest BCUT2D eigenvalue weighted by molar-refractivity contribution is 5.74. The van der Waals surface area contributed by atoms with Crippen LogP contribution in [0.15, 0.2) is 0 Å². The van der Waals surface area contributed by atoms with Gasteiger partial charge in [-0.2, -0.15) is 0 Å². The van der Waals surface area contributed by atoms with Crippen LogP contribution in [0.25, 0.3) is 0 Å². The fourth-order valence-electron chi connectivity index (χ4n) is 3.27. The first-order valence-corrected chi connectivity index (χ1v) is 7.43. The molecule has 1 heterocycles. The zero-order chi connectivity index (χ0) is 13.0. The summed E-state index contributed by atoms with van der Waals surface area (Å²) in [6.45, 7) is 3.99. The van der Waals surface area contributed by atoms with Gasteiger partial charge >= 0.3 is 6.03 Å². The Hall–Kier alpha value is -0.770. The number of nitrogens with one attached hydrogen (secondary N) is 2. The van der Waals surface area contributed by atoms with E-state index in [2.05, 4.69) is 17.6 Å². The molecule has 0 bridgehead atoms. The molecule has 2 rings (SSSR count). The molecule has 2 aliphatic rings. The summed E-state index contributed by atoms with van der Waals surface area (Å²) >= 11 is 0. The van der Waals surface area contributed by atoms with Crippen molar-refractivity contribution in [3.63, 3.8) is 0 Å². The molecule has 0 spiro atoms. The van der Waals surface area contributed by atoms with E-state index in [1.54, 1.807) is 0 Å². The first-order chi connectivity index (χ1) is 8.70. The van der Waals surface area contributed by atoms with Gasteiger partial charge in [0.1, 0.15) is 0 Å². The Labute approximate surface area is 110 Å². The Morgan fingerprint density at radius 3 is 2.50 bits per heavy atom. The highest BCUT2D eigenvalue weighted by Crippen LogP contribution is 2.19. The van der Waals surface area contributed by atoms with Crippen LogP contribution in [0, 0.1) is 5.92 Å². The lowest BCUT2D eigenvalue weighted by atomic mass is 9.94. The molecule has 1 saturated carbocycles. The van der Waals surface area contributed by atoms with Crippen LogP contribution >= 0.6 is 0 Å². The van der Waals surface area contributed by atoms with Crippen LogP contribution in [-0.4, -0.2) is 43.2 Å². The van der Waals surface area contributed by atoms with Gasteiger partial charge in [-0.05, 0) is 32.2 Å². The maximum atomic E-state index is 12.2. The van der Waals surface area contributed by atoms with Gasteiger partial charge < -0.3 is 15.5 Å². The molecule has 1 aliphatic heterocycles. The van der Waals surface area contributed by atoms with E-state index in [0.717, 1.165) is 32.4 Å². The Kier molecular flexibility index (Phi) is 4.87. The molecule has 0 aromatic carbocycles. The van der Waals surface area contributed by atoms with E-state index < -0.39 is 0 Å². The number of likely N-dealkylation sites (tertiary alicyclic amines) is 1. The zero-order valence-electron chi connectivity index (χ0n) is 11.7. The average Bonchev–Trinajstić information content (AvgIpc) is 2.39. The number of piperidine rings is 1. The summed E-state index contributed by atoms with van der Waals surface area (Å²) in [4.78, 5) is 14.2. The summed E-state index contributed by atoms with van der Waals surface area (Å²) in [7, 11) is 2.01. The second-order valence-corrected chi connectivity index (χ2v) is 5.89. The molecule has 2 amide bonds. The highest BCUT2D eigenvalue weighted by Gasteiger charge is 2.28. The zero-order valence-corrected chi connectivity index (χ0v) is 11.7. The minimum atomic E-state index is 0.156. The second kappa shape index (κ2) is 6.41. The van der Waals surface area contributed by atoms with Crippen LogP contribution in [0.3, 0.4) is 0 Å². The van der Waals surface area contributed by atoms with Crippen molar-refractivity contribution < 1.29 is 4.79 Å². The van der Waals surface area contributed by atoms with Gasteiger partial charge in [0, 0.05) is 25.2 Å². The summed E-state index contributed by atoms with van der Waals surface area (Å²) in [5.74, 6) is 0.542. The van der Waals surface area contributed by atoms with E-state index >= 15 is 0 Å². The van der Waals surface area contributed by atoms with Gasteiger partial charge in [0.2, 0.25) is 0 Å². The van der Waals surface area contributed by atoms with Crippen molar-refractivity contribution in [2.45, 2.75) is 57.5 Å². The Bertz CT molecular complexity index is 276. The maximum absolute atomic E-state index is 12.2. The summed E-state index contributed by atoms with van der Waals surface area (Å²) in [6.07, 6.45) is 7.25. The molecule has 0 aromatic heterocycles.